The van der Waals surface area contributed by atoms with Gasteiger partial charge in [-0.15, -0.1) is 0 Å². The topological polar surface area (TPSA) is 49.8 Å². The summed E-state index contributed by atoms with van der Waals surface area (Å²) in [5.74, 6) is -0.831. The zero-order chi connectivity index (χ0) is 11.3. The van der Waals surface area contributed by atoms with Crippen molar-refractivity contribution in [3.05, 3.63) is 0 Å². The number of hydrogen-bond donors (Lipinski definition) is 1. The number of ether oxygens (including phenoxy) is 1. The smallest absolute Gasteiger partial charge is 0.307 e. The molecule has 0 spiro atoms. The van der Waals surface area contributed by atoms with Gasteiger partial charge in [0.05, 0.1) is 5.92 Å². The SMILES string of the molecule is COCCC(C)N1CCCC(C(=O)O)C1. The lowest BCUT2D eigenvalue weighted by Gasteiger charge is -2.35. The summed E-state index contributed by atoms with van der Waals surface area (Å²) < 4.78 is 5.03. The Labute approximate surface area is 91.2 Å². The fraction of sp³-hybridized carbons (Fsp3) is 0.909. The van der Waals surface area contributed by atoms with Crippen molar-refractivity contribution in [1.29, 1.82) is 0 Å². The maximum atomic E-state index is 10.9. The fourth-order valence-corrected chi connectivity index (χ4v) is 2.08. The Kier molecular flexibility index (Phi) is 5.05. The molecule has 0 amide bonds. The van der Waals surface area contributed by atoms with Gasteiger partial charge in [-0.1, -0.05) is 0 Å². The average Bonchev–Trinajstić information content (AvgIpc) is 2.26. The largest absolute Gasteiger partial charge is 0.481 e. The number of carboxylic acids is 1. The molecule has 0 aromatic carbocycles. The van der Waals surface area contributed by atoms with Crippen molar-refractivity contribution in [2.24, 2.45) is 5.92 Å². The number of carbonyl (C=O) groups is 1. The third-order valence-corrected chi connectivity index (χ3v) is 3.17. The highest BCUT2D eigenvalue weighted by atomic mass is 16.5. The number of hydrogen-bond acceptors (Lipinski definition) is 3. The molecule has 0 aliphatic carbocycles. The summed E-state index contributed by atoms with van der Waals surface area (Å²) in [5.41, 5.74) is 0. The number of aliphatic carboxylic acids is 1. The van der Waals surface area contributed by atoms with Gasteiger partial charge in [0.2, 0.25) is 0 Å². The van der Waals surface area contributed by atoms with E-state index in [9.17, 15) is 4.79 Å². The van der Waals surface area contributed by atoms with Crippen molar-refractivity contribution in [3.8, 4) is 0 Å². The van der Waals surface area contributed by atoms with Crippen LogP contribution in [0.25, 0.3) is 0 Å². The van der Waals surface area contributed by atoms with E-state index in [-0.39, 0.29) is 5.92 Å². The first-order valence-corrected chi connectivity index (χ1v) is 5.61. The summed E-state index contributed by atoms with van der Waals surface area (Å²) in [4.78, 5) is 13.2. The maximum absolute atomic E-state index is 10.9. The van der Waals surface area contributed by atoms with Crippen LogP contribution in [0.5, 0.6) is 0 Å². The third kappa shape index (κ3) is 3.80. The van der Waals surface area contributed by atoms with Crippen LogP contribution in [-0.2, 0) is 9.53 Å². The highest BCUT2D eigenvalue weighted by Crippen LogP contribution is 2.19. The second-order valence-electron chi connectivity index (χ2n) is 4.30. The predicted octanol–water partition coefficient (Wildman–Crippen LogP) is 1.21. The maximum Gasteiger partial charge on any atom is 0.307 e. The molecule has 0 aromatic rings. The van der Waals surface area contributed by atoms with Gasteiger partial charge in [-0.05, 0) is 32.7 Å². The highest BCUT2D eigenvalue weighted by Gasteiger charge is 2.27. The van der Waals surface area contributed by atoms with Crippen LogP contribution in [-0.4, -0.2) is 48.8 Å². The van der Waals surface area contributed by atoms with Gasteiger partial charge in [0.15, 0.2) is 0 Å². The molecule has 2 unspecified atom stereocenters. The third-order valence-electron chi connectivity index (χ3n) is 3.17. The quantitative estimate of drug-likeness (QED) is 0.749. The van der Waals surface area contributed by atoms with Crippen LogP contribution < -0.4 is 0 Å². The average molecular weight is 215 g/mol. The van der Waals surface area contributed by atoms with Crippen LogP contribution in [0.4, 0.5) is 0 Å². The second-order valence-corrected chi connectivity index (χ2v) is 4.30. The van der Waals surface area contributed by atoms with Crippen LogP contribution in [0.1, 0.15) is 26.2 Å². The summed E-state index contributed by atoms with van der Waals surface area (Å²) in [6.45, 7) is 4.60. The van der Waals surface area contributed by atoms with E-state index < -0.39 is 5.97 Å². The van der Waals surface area contributed by atoms with Crippen LogP contribution in [0.2, 0.25) is 0 Å². The normalized spacial score (nSPS) is 25.1. The van der Waals surface area contributed by atoms with Gasteiger partial charge >= 0.3 is 5.97 Å². The summed E-state index contributed by atoms with van der Waals surface area (Å²) in [5, 5.41) is 8.96. The predicted molar refractivity (Wildman–Crippen MR) is 57.9 cm³/mol. The first-order chi connectivity index (χ1) is 7.15. The van der Waals surface area contributed by atoms with Crippen LogP contribution in [0, 0.1) is 5.92 Å². The zero-order valence-electron chi connectivity index (χ0n) is 9.61. The Bertz CT molecular complexity index is 208. The van der Waals surface area contributed by atoms with Gasteiger partial charge < -0.3 is 9.84 Å². The van der Waals surface area contributed by atoms with Gasteiger partial charge in [0.1, 0.15) is 0 Å². The van der Waals surface area contributed by atoms with Crippen LogP contribution >= 0.6 is 0 Å². The Morgan fingerprint density at radius 3 is 3.00 bits per heavy atom. The zero-order valence-corrected chi connectivity index (χ0v) is 9.61. The Hall–Kier alpha value is -0.610. The minimum absolute atomic E-state index is 0.177. The summed E-state index contributed by atoms with van der Waals surface area (Å²) >= 11 is 0. The fourth-order valence-electron chi connectivity index (χ4n) is 2.08. The van der Waals surface area contributed by atoms with Crippen molar-refractivity contribution in [2.45, 2.75) is 32.2 Å². The molecular weight excluding hydrogens is 194 g/mol. The van der Waals surface area contributed by atoms with E-state index in [1.807, 2.05) is 0 Å². The number of likely N-dealkylation sites (tertiary alicyclic amines) is 1. The molecule has 1 rings (SSSR count). The lowest BCUT2D eigenvalue weighted by molar-refractivity contribution is -0.143. The second kappa shape index (κ2) is 6.08. The summed E-state index contributed by atoms with van der Waals surface area (Å²) in [7, 11) is 1.70. The van der Waals surface area contributed by atoms with Crippen molar-refractivity contribution in [1.82, 2.24) is 4.90 Å². The Morgan fingerprint density at radius 2 is 2.40 bits per heavy atom. The summed E-state index contributed by atoms with van der Waals surface area (Å²) in [6.07, 6.45) is 2.79. The van der Waals surface area contributed by atoms with E-state index in [1.54, 1.807) is 7.11 Å². The van der Waals surface area contributed by atoms with Gasteiger partial charge in [-0.3, -0.25) is 9.69 Å². The van der Waals surface area contributed by atoms with E-state index >= 15 is 0 Å². The van der Waals surface area contributed by atoms with Gasteiger partial charge in [0, 0.05) is 26.3 Å². The van der Waals surface area contributed by atoms with E-state index in [2.05, 4.69) is 11.8 Å². The molecule has 1 aliphatic rings. The van der Waals surface area contributed by atoms with E-state index in [0.717, 1.165) is 32.4 Å². The molecular formula is C11H21NO3. The number of carboxylic acid groups (broad SMARTS) is 1. The lowest BCUT2D eigenvalue weighted by atomic mass is 9.96. The van der Waals surface area contributed by atoms with Crippen molar-refractivity contribution in [2.75, 3.05) is 26.8 Å². The van der Waals surface area contributed by atoms with Crippen molar-refractivity contribution >= 4 is 5.97 Å². The molecule has 4 heteroatoms. The van der Waals surface area contributed by atoms with Gasteiger partial charge in [-0.25, -0.2) is 0 Å². The van der Waals surface area contributed by atoms with E-state index in [4.69, 9.17) is 9.84 Å². The number of piperidine rings is 1. The van der Waals surface area contributed by atoms with E-state index in [1.165, 1.54) is 0 Å². The molecule has 0 saturated carbocycles. The first-order valence-electron chi connectivity index (χ1n) is 5.61. The number of nitrogens with zero attached hydrogens (tertiary/aromatic N) is 1. The molecule has 88 valence electrons. The highest BCUT2D eigenvalue weighted by molar-refractivity contribution is 5.70. The molecule has 0 radical (unpaired) electrons. The Morgan fingerprint density at radius 1 is 1.67 bits per heavy atom. The standard InChI is InChI=1S/C11H21NO3/c1-9(5-7-15-2)12-6-3-4-10(8-12)11(13)14/h9-10H,3-8H2,1-2H3,(H,13,14). The molecule has 2 atom stereocenters. The number of rotatable bonds is 5. The van der Waals surface area contributed by atoms with E-state index in [0.29, 0.717) is 12.6 Å². The lowest BCUT2D eigenvalue weighted by Crippen LogP contribution is -2.43. The van der Waals surface area contributed by atoms with Gasteiger partial charge in [-0.2, -0.15) is 0 Å². The summed E-state index contributed by atoms with van der Waals surface area (Å²) in [6, 6.07) is 0.423. The number of methoxy groups -OCH3 is 1. The van der Waals surface area contributed by atoms with Crippen LogP contribution in [0.15, 0.2) is 0 Å². The molecule has 1 saturated heterocycles. The molecule has 0 aromatic heterocycles. The minimum atomic E-state index is -0.654. The molecule has 15 heavy (non-hydrogen) atoms. The molecule has 1 fully saturated rings. The van der Waals surface area contributed by atoms with Crippen molar-refractivity contribution in [3.63, 3.8) is 0 Å². The Balaban J connectivity index is 2.37. The molecule has 1 aliphatic heterocycles. The molecule has 4 nitrogen and oxygen atoms in total. The molecule has 1 heterocycles. The van der Waals surface area contributed by atoms with Crippen LogP contribution in [0.3, 0.4) is 0 Å². The monoisotopic (exact) mass is 215 g/mol. The first kappa shape index (κ1) is 12.5. The minimum Gasteiger partial charge on any atom is -0.481 e. The van der Waals surface area contributed by atoms with Gasteiger partial charge in [0.25, 0.3) is 0 Å². The molecule has 0 bridgehead atoms. The molecule has 1 N–H and O–H groups in total. The van der Waals surface area contributed by atoms with Crippen molar-refractivity contribution < 1.29 is 14.6 Å².